The van der Waals surface area contributed by atoms with Crippen LogP contribution < -0.4 is 10.9 Å². The summed E-state index contributed by atoms with van der Waals surface area (Å²) in [5.41, 5.74) is -0.252. The van der Waals surface area contributed by atoms with E-state index in [1.54, 1.807) is 25.4 Å². The summed E-state index contributed by atoms with van der Waals surface area (Å²) in [6, 6.07) is 3.31. The van der Waals surface area contributed by atoms with Gasteiger partial charge in [-0.2, -0.15) is 0 Å². The third-order valence-corrected chi connectivity index (χ3v) is 4.19. The fourth-order valence-corrected chi connectivity index (χ4v) is 2.60. The molecule has 2 heterocycles. The standard InChI is InChI=1S/C15H23N3O2.H2/c1-4-18-10-7-15(2,8-11-18)16-13(19)12-6-5-9-17(3)14(12)20;/h5-6,9H,4,7-8,10-11H2,1-3H3,(H,16,19);1H. The average Bonchev–Trinajstić information content (AvgIpc) is 2.42. The molecule has 1 fully saturated rings. The number of likely N-dealkylation sites (tertiary alicyclic amines) is 1. The molecule has 0 bridgehead atoms. The molecule has 1 aliphatic rings. The molecule has 0 aliphatic carbocycles. The van der Waals surface area contributed by atoms with Crippen molar-refractivity contribution in [2.75, 3.05) is 19.6 Å². The summed E-state index contributed by atoms with van der Waals surface area (Å²) in [5, 5.41) is 3.05. The fourth-order valence-electron chi connectivity index (χ4n) is 2.60. The molecule has 1 aromatic rings. The van der Waals surface area contributed by atoms with Crippen LogP contribution in [0.4, 0.5) is 0 Å². The second kappa shape index (κ2) is 5.79. The molecule has 5 nitrogen and oxygen atoms in total. The predicted molar refractivity (Wildman–Crippen MR) is 81.0 cm³/mol. The summed E-state index contributed by atoms with van der Waals surface area (Å²) in [7, 11) is 1.65. The summed E-state index contributed by atoms with van der Waals surface area (Å²) < 4.78 is 1.43. The van der Waals surface area contributed by atoms with Crippen molar-refractivity contribution in [2.45, 2.75) is 32.2 Å². The van der Waals surface area contributed by atoms with Gasteiger partial charge >= 0.3 is 0 Å². The van der Waals surface area contributed by atoms with Gasteiger partial charge in [-0.3, -0.25) is 9.59 Å². The van der Waals surface area contributed by atoms with Crippen LogP contribution in [0.2, 0.25) is 0 Å². The Kier molecular flexibility index (Phi) is 4.28. The number of nitrogens with zero attached hydrogens (tertiary/aromatic N) is 2. The van der Waals surface area contributed by atoms with Gasteiger partial charge in [0.2, 0.25) is 0 Å². The second-order valence-electron chi connectivity index (χ2n) is 5.79. The smallest absolute Gasteiger partial charge is 0.263 e. The zero-order valence-corrected chi connectivity index (χ0v) is 12.5. The van der Waals surface area contributed by atoms with E-state index in [4.69, 9.17) is 0 Å². The van der Waals surface area contributed by atoms with Crippen LogP contribution in [0.1, 0.15) is 38.5 Å². The molecule has 0 atom stereocenters. The van der Waals surface area contributed by atoms with Gasteiger partial charge < -0.3 is 14.8 Å². The van der Waals surface area contributed by atoms with Crippen molar-refractivity contribution in [3.63, 3.8) is 0 Å². The van der Waals surface area contributed by atoms with Gasteiger partial charge in [-0.15, -0.1) is 0 Å². The van der Waals surface area contributed by atoms with Gasteiger partial charge in [0.1, 0.15) is 5.56 Å². The molecule has 5 heteroatoms. The number of pyridine rings is 1. The van der Waals surface area contributed by atoms with Gasteiger partial charge in [0.05, 0.1) is 0 Å². The molecule has 0 unspecified atom stereocenters. The molecule has 0 saturated carbocycles. The lowest BCUT2D eigenvalue weighted by atomic mass is 9.89. The highest BCUT2D eigenvalue weighted by atomic mass is 16.2. The topological polar surface area (TPSA) is 54.3 Å². The first-order valence-electron chi connectivity index (χ1n) is 7.16. The Morgan fingerprint density at radius 1 is 1.45 bits per heavy atom. The number of aromatic nitrogens is 1. The normalized spacial score (nSPS) is 18.8. The Balaban J connectivity index is 0.00000220. The van der Waals surface area contributed by atoms with Crippen LogP contribution in [0.3, 0.4) is 0 Å². The molecule has 0 spiro atoms. The Morgan fingerprint density at radius 3 is 2.70 bits per heavy atom. The molecule has 1 aromatic heterocycles. The van der Waals surface area contributed by atoms with Crippen LogP contribution in [0, 0.1) is 0 Å². The van der Waals surface area contributed by atoms with Gasteiger partial charge in [-0.05, 0) is 38.4 Å². The van der Waals surface area contributed by atoms with Gasteiger partial charge in [-0.1, -0.05) is 6.92 Å². The molecule has 0 aromatic carbocycles. The maximum Gasteiger partial charge on any atom is 0.263 e. The summed E-state index contributed by atoms with van der Waals surface area (Å²) in [6.45, 7) is 7.23. The second-order valence-corrected chi connectivity index (χ2v) is 5.79. The van der Waals surface area contributed by atoms with E-state index in [9.17, 15) is 9.59 Å². The molecular weight excluding hydrogens is 254 g/mol. The number of hydrogen-bond donors (Lipinski definition) is 1. The third kappa shape index (κ3) is 3.10. The number of aryl methyl sites for hydroxylation is 1. The van der Waals surface area contributed by atoms with E-state index in [-0.39, 0.29) is 24.0 Å². The minimum absolute atomic E-state index is 0. The molecule has 1 N–H and O–H groups in total. The first kappa shape index (κ1) is 14.8. The summed E-state index contributed by atoms with van der Waals surface area (Å²) >= 11 is 0. The van der Waals surface area contributed by atoms with E-state index >= 15 is 0 Å². The Morgan fingerprint density at radius 2 is 2.10 bits per heavy atom. The highest BCUT2D eigenvalue weighted by Crippen LogP contribution is 2.21. The zero-order chi connectivity index (χ0) is 14.8. The van der Waals surface area contributed by atoms with Crippen molar-refractivity contribution >= 4 is 5.91 Å². The van der Waals surface area contributed by atoms with Crippen LogP contribution in [-0.4, -0.2) is 40.5 Å². The van der Waals surface area contributed by atoms with E-state index in [0.717, 1.165) is 32.5 Å². The zero-order valence-electron chi connectivity index (χ0n) is 12.5. The predicted octanol–water partition coefficient (Wildman–Crippen LogP) is 1.24. The SMILES string of the molecule is CCN1CCC(C)(NC(=O)c2cccn(C)c2=O)CC1.[HH]. The lowest BCUT2D eigenvalue weighted by Crippen LogP contribution is -2.54. The minimum atomic E-state index is -0.265. The number of nitrogens with one attached hydrogen (secondary N) is 1. The van der Waals surface area contributed by atoms with Gasteiger partial charge in [0.25, 0.3) is 11.5 Å². The van der Waals surface area contributed by atoms with Crippen LogP contribution in [-0.2, 0) is 7.05 Å². The van der Waals surface area contributed by atoms with Crippen LogP contribution in [0.5, 0.6) is 0 Å². The van der Waals surface area contributed by atoms with E-state index in [0.29, 0.717) is 0 Å². The number of carbonyl (C=O) groups excluding carboxylic acids is 1. The van der Waals surface area contributed by atoms with Gasteiger partial charge in [0.15, 0.2) is 0 Å². The number of amides is 1. The molecule has 20 heavy (non-hydrogen) atoms. The summed E-state index contributed by atoms with van der Waals surface area (Å²) in [6.07, 6.45) is 3.49. The molecule has 1 saturated heterocycles. The quantitative estimate of drug-likeness (QED) is 0.905. The molecule has 0 radical (unpaired) electrons. The highest BCUT2D eigenvalue weighted by molar-refractivity contribution is 5.94. The molecule has 1 amide bonds. The summed E-state index contributed by atoms with van der Waals surface area (Å²) in [5.74, 6) is -0.265. The lowest BCUT2D eigenvalue weighted by molar-refractivity contribution is 0.0837. The minimum Gasteiger partial charge on any atom is -0.347 e. The molecule has 1 aliphatic heterocycles. The molecule has 112 valence electrons. The maximum absolute atomic E-state index is 12.3. The third-order valence-electron chi connectivity index (χ3n) is 4.19. The first-order valence-corrected chi connectivity index (χ1v) is 7.16. The van der Waals surface area contributed by atoms with Crippen LogP contribution in [0.25, 0.3) is 0 Å². The van der Waals surface area contributed by atoms with Crippen LogP contribution in [0.15, 0.2) is 23.1 Å². The fraction of sp³-hybridized carbons (Fsp3) is 0.600. The number of piperidine rings is 1. The maximum atomic E-state index is 12.3. The molecular formula is C15H25N3O2. The number of rotatable bonds is 3. The Labute approximate surface area is 121 Å². The van der Waals surface area contributed by atoms with Crippen molar-refractivity contribution < 1.29 is 6.22 Å². The van der Waals surface area contributed by atoms with Crippen molar-refractivity contribution in [3.8, 4) is 0 Å². The van der Waals surface area contributed by atoms with E-state index < -0.39 is 0 Å². The Hall–Kier alpha value is -1.62. The van der Waals surface area contributed by atoms with Crippen molar-refractivity contribution in [1.29, 1.82) is 0 Å². The van der Waals surface area contributed by atoms with Crippen molar-refractivity contribution in [2.24, 2.45) is 7.05 Å². The monoisotopic (exact) mass is 279 g/mol. The van der Waals surface area contributed by atoms with E-state index in [1.165, 1.54) is 4.57 Å². The van der Waals surface area contributed by atoms with Crippen molar-refractivity contribution in [1.82, 2.24) is 14.8 Å². The number of hydrogen-bond acceptors (Lipinski definition) is 3. The highest BCUT2D eigenvalue weighted by Gasteiger charge is 2.31. The number of carbonyl (C=O) groups is 1. The lowest BCUT2D eigenvalue weighted by Gasteiger charge is -2.39. The van der Waals surface area contributed by atoms with Gasteiger partial charge in [0, 0.05) is 33.3 Å². The Bertz CT molecular complexity index is 548. The average molecular weight is 279 g/mol. The van der Waals surface area contributed by atoms with Gasteiger partial charge in [-0.25, -0.2) is 0 Å². The van der Waals surface area contributed by atoms with E-state index in [1.807, 2.05) is 0 Å². The van der Waals surface area contributed by atoms with Crippen molar-refractivity contribution in [3.05, 3.63) is 34.2 Å². The summed E-state index contributed by atoms with van der Waals surface area (Å²) in [4.78, 5) is 26.6. The van der Waals surface area contributed by atoms with Crippen LogP contribution >= 0.6 is 0 Å². The largest absolute Gasteiger partial charge is 0.347 e. The van der Waals surface area contributed by atoms with E-state index in [2.05, 4.69) is 24.1 Å². The molecule has 2 rings (SSSR count). The first-order chi connectivity index (χ1) is 9.45.